The van der Waals surface area contributed by atoms with E-state index >= 15 is 0 Å². The van der Waals surface area contributed by atoms with E-state index in [0.717, 1.165) is 23.6 Å². The SMILES string of the molecule is CN(C(=O)C1CCSC1)c1cccc(N)c1. The van der Waals surface area contributed by atoms with Crippen LogP contribution in [0.2, 0.25) is 0 Å². The quantitative estimate of drug-likeness (QED) is 0.799. The van der Waals surface area contributed by atoms with Crippen LogP contribution in [0, 0.1) is 5.92 Å². The van der Waals surface area contributed by atoms with Crippen molar-refractivity contribution in [1.29, 1.82) is 0 Å². The molecule has 1 fully saturated rings. The Labute approximate surface area is 100.0 Å². The van der Waals surface area contributed by atoms with E-state index in [2.05, 4.69) is 0 Å². The van der Waals surface area contributed by atoms with E-state index in [9.17, 15) is 4.79 Å². The summed E-state index contributed by atoms with van der Waals surface area (Å²) in [5.41, 5.74) is 7.28. The van der Waals surface area contributed by atoms with Gasteiger partial charge in [0.15, 0.2) is 0 Å². The molecule has 1 aromatic rings. The molecule has 1 aliphatic rings. The van der Waals surface area contributed by atoms with Crippen molar-refractivity contribution in [2.45, 2.75) is 6.42 Å². The van der Waals surface area contributed by atoms with E-state index in [1.54, 1.807) is 4.90 Å². The molecule has 1 atom stereocenters. The van der Waals surface area contributed by atoms with Crippen molar-refractivity contribution in [3.63, 3.8) is 0 Å². The Bertz CT molecular complexity index is 388. The van der Waals surface area contributed by atoms with Gasteiger partial charge in [-0.1, -0.05) is 6.07 Å². The van der Waals surface area contributed by atoms with Crippen LogP contribution in [0.15, 0.2) is 24.3 Å². The maximum Gasteiger partial charge on any atom is 0.230 e. The Kier molecular flexibility index (Phi) is 3.39. The zero-order valence-corrected chi connectivity index (χ0v) is 10.2. The number of nitrogens with zero attached hydrogens (tertiary/aromatic N) is 1. The maximum absolute atomic E-state index is 12.1. The van der Waals surface area contributed by atoms with E-state index in [0.29, 0.717) is 5.69 Å². The largest absolute Gasteiger partial charge is 0.399 e. The molecule has 1 unspecified atom stereocenters. The van der Waals surface area contributed by atoms with Crippen molar-refractivity contribution in [3.8, 4) is 0 Å². The first-order chi connectivity index (χ1) is 7.68. The number of carbonyl (C=O) groups excluding carboxylic acids is 1. The van der Waals surface area contributed by atoms with Gasteiger partial charge < -0.3 is 10.6 Å². The van der Waals surface area contributed by atoms with Gasteiger partial charge in [0.05, 0.1) is 0 Å². The third-order valence-electron chi connectivity index (χ3n) is 2.87. The van der Waals surface area contributed by atoms with Crippen LogP contribution >= 0.6 is 11.8 Å². The van der Waals surface area contributed by atoms with Crippen molar-refractivity contribution in [1.82, 2.24) is 0 Å². The first-order valence-corrected chi connectivity index (χ1v) is 6.55. The lowest BCUT2D eigenvalue weighted by molar-refractivity contribution is -0.121. The Morgan fingerprint density at radius 1 is 1.56 bits per heavy atom. The first-order valence-electron chi connectivity index (χ1n) is 5.39. The number of amides is 1. The number of benzene rings is 1. The fourth-order valence-corrected chi connectivity index (χ4v) is 3.08. The minimum atomic E-state index is 0.177. The Hall–Kier alpha value is -1.16. The van der Waals surface area contributed by atoms with Gasteiger partial charge in [0.2, 0.25) is 5.91 Å². The molecule has 0 radical (unpaired) electrons. The second-order valence-electron chi connectivity index (χ2n) is 4.05. The molecule has 3 nitrogen and oxygen atoms in total. The molecular formula is C12H16N2OS. The van der Waals surface area contributed by atoms with Crippen LogP contribution in [0.3, 0.4) is 0 Å². The summed E-state index contributed by atoms with van der Waals surface area (Å²) >= 11 is 1.85. The molecule has 86 valence electrons. The number of thioether (sulfide) groups is 1. The van der Waals surface area contributed by atoms with Crippen molar-refractivity contribution < 1.29 is 4.79 Å². The normalized spacial score (nSPS) is 19.7. The smallest absolute Gasteiger partial charge is 0.230 e. The predicted octanol–water partition coefficient (Wildman–Crippen LogP) is 1.98. The average Bonchev–Trinajstić information content (AvgIpc) is 2.80. The summed E-state index contributed by atoms with van der Waals surface area (Å²) in [7, 11) is 1.82. The second-order valence-corrected chi connectivity index (χ2v) is 5.20. The summed E-state index contributed by atoms with van der Waals surface area (Å²) < 4.78 is 0. The maximum atomic E-state index is 12.1. The molecule has 1 saturated heterocycles. The molecule has 0 aliphatic carbocycles. The number of nitrogens with two attached hydrogens (primary N) is 1. The Morgan fingerprint density at radius 3 is 3.00 bits per heavy atom. The van der Waals surface area contributed by atoms with Crippen LogP contribution in [0.25, 0.3) is 0 Å². The number of nitrogen functional groups attached to an aromatic ring is 1. The summed E-state index contributed by atoms with van der Waals surface area (Å²) in [5.74, 6) is 2.43. The van der Waals surface area contributed by atoms with Gasteiger partial charge >= 0.3 is 0 Å². The molecule has 1 aliphatic heterocycles. The first kappa shape index (κ1) is 11.3. The minimum absolute atomic E-state index is 0.177. The monoisotopic (exact) mass is 236 g/mol. The van der Waals surface area contributed by atoms with Gasteiger partial charge in [-0.2, -0.15) is 11.8 Å². The van der Waals surface area contributed by atoms with Crippen LogP contribution in [0.5, 0.6) is 0 Å². The number of hydrogen-bond acceptors (Lipinski definition) is 3. The molecular weight excluding hydrogens is 220 g/mol. The molecule has 1 aromatic carbocycles. The number of carbonyl (C=O) groups is 1. The van der Waals surface area contributed by atoms with E-state index in [1.807, 2.05) is 43.1 Å². The highest BCUT2D eigenvalue weighted by Crippen LogP contribution is 2.27. The van der Waals surface area contributed by atoms with E-state index in [4.69, 9.17) is 5.73 Å². The lowest BCUT2D eigenvalue weighted by Gasteiger charge is -2.21. The summed E-state index contributed by atoms with van der Waals surface area (Å²) in [6.07, 6.45) is 0.996. The third-order valence-corrected chi connectivity index (χ3v) is 4.03. The van der Waals surface area contributed by atoms with Gasteiger partial charge in [0, 0.05) is 30.1 Å². The molecule has 2 rings (SSSR count). The van der Waals surface area contributed by atoms with Crippen LogP contribution < -0.4 is 10.6 Å². The van der Waals surface area contributed by atoms with Crippen LogP contribution in [-0.4, -0.2) is 24.5 Å². The molecule has 4 heteroatoms. The zero-order valence-electron chi connectivity index (χ0n) is 9.35. The number of hydrogen-bond donors (Lipinski definition) is 1. The van der Waals surface area contributed by atoms with Crippen molar-refractivity contribution >= 4 is 29.0 Å². The fourth-order valence-electron chi connectivity index (χ4n) is 1.86. The fraction of sp³-hybridized carbons (Fsp3) is 0.417. The number of anilines is 2. The van der Waals surface area contributed by atoms with Gasteiger partial charge in [-0.25, -0.2) is 0 Å². The van der Waals surface area contributed by atoms with Crippen LogP contribution in [0.1, 0.15) is 6.42 Å². The van der Waals surface area contributed by atoms with Gasteiger partial charge in [-0.3, -0.25) is 4.79 Å². The Balaban J connectivity index is 2.11. The van der Waals surface area contributed by atoms with Crippen molar-refractivity contribution in [2.24, 2.45) is 5.92 Å². The van der Waals surface area contributed by atoms with Crippen LogP contribution in [-0.2, 0) is 4.79 Å². The molecule has 0 bridgehead atoms. The van der Waals surface area contributed by atoms with Gasteiger partial charge in [-0.15, -0.1) is 0 Å². The predicted molar refractivity (Wildman–Crippen MR) is 69.7 cm³/mol. The summed E-state index contributed by atoms with van der Waals surface area (Å²) in [6.45, 7) is 0. The molecule has 0 spiro atoms. The highest BCUT2D eigenvalue weighted by atomic mass is 32.2. The van der Waals surface area contributed by atoms with Crippen molar-refractivity contribution in [3.05, 3.63) is 24.3 Å². The summed E-state index contributed by atoms with van der Waals surface area (Å²) in [5, 5.41) is 0. The van der Waals surface area contributed by atoms with E-state index < -0.39 is 0 Å². The van der Waals surface area contributed by atoms with Crippen molar-refractivity contribution in [2.75, 3.05) is 29.2 Å². The second kappa shape index (κ2) is 4.78. The van der Waals surface area contributed by atoms with E-state index in [-0.39, 0.29) is 11.8 Å². The molecule has 16 heavy (non-hydrogen) atoms. The highest BCUT2D eigenvalue weighted by Gasteiger charge is 2.26. The third kappa shape index (κ3) is 2.32. The molecule has 2 N–H and O–H groups in total. The molecule has 0 saturated carbocycles. The average molecular weight is 236 g/mol. The summed E-state index contributed by atoms with van der Waals surface area (Å²) in [6, 6.07) is 7.45. The van der Waals surface area contributed by atoms with Gasteiger partial charge in [-0.05, 0) is 30.4 Å². The molecule has 1 amide bonds. The van der Waals surface area contributed by atoms with E-state index in [1.165, 1.54) is 0 Å². The lowest BCUT2D eigenvalue weighted by atomic mass is 10.1. The standard InChI is InChI=1S/C12H16N2OS/c1-14(11-4-2-3-10(13)7-11)12(15)9-5-6-16-8-9/h2-4,7,9H,5-6,8,13H2,1H3. The minimum Gasteiger partial charge on any atom is -0.399 e. The highest BCUT2D eigenvalue weighted by molar-refractivity contribution is 7.99. The lowest BCUT2D eigenvalue weighted by Crippen LogP contribution is -2.32. The number of rotatable bonds is 2. The summed E-state index contributed by atoms with van der Waals surface area (Å²) in [4.78, 5) is 13.8. The molecule has 0 aromatic heterocycles. The molecule has 1 heterocycles. The Morgan fingerprint density at radius 2 is 2.38 bits per heavy atom. The van der Waals surface area contributed by atoms with Gasteiger partial charge in [0.25, 0.3) is 0 Å². The zero-order chi connectivity index (χ0) is 11.5. The van der Waals surface area contributed by atoms with Crippen LogP contribution in [0.4, 0.5) is 11.4 Å². The topological polar surface area (TPSA) is 46.3 Å². The van der Waals surface area contributed by atoms with Gasteiger partial charge in [0.1, 0.15) is 0 Å².